The molecule has 2 unspecified atom stereocenters. The van der Waals surface area contributed by atoms with E-state index in [2.05, 4.69) is 0 Å². The van der Waals surface area contributed by atoms with Gasteiger partial charge in [0.1, 0.15) is 11.5 Å². The second kappa shape index (κ2) is 4.86. The van der Waals surface area contributed by atoms with Crippen LogP contribution in [0.5, 0.6) is 5.75 Å². The number of allylic oxidation sites excluding steroid dienone is 3. The molecule has 0 heterocycles. The van der Waals surface area contributed by atoms with Gasteiger partial charge in [-0.2, -0.15) is 0 Å². The lowest BCUT2D eigenvalue weighted by Gasteiger charge is -2.35. The molecule has 0 aliphatic heterocycles. The summed E-state index contributed by atoms with van der Waals surface area (Å²) in [6, 6.07) is 6.92. The predicted octanol–water partition coefficient (Wildman–Crippen LogP) is 2.66. The number of phenolic OH excluding ortho intramolecular Hbond substituents is 1. The van der Waals surface area contributed by atoms with Gasteiger partial charge in [-0.1, -0.05) is 25.1 Å². The maximum absolute atomic E-state index is 9.75. The maximum atomic E-state index is 9.75. The fourth-order valence-corrected chi connectivity index (χ4v) is 2.35. The topological polar surface area (TPSA) is 60.7 Å². The van der Waals surface area contributed by atoms with Crippen molar-refractivity contribution in [2.24, 2.45) is 5.92 Å². The number of hydrogen-bond donors (Lipinski definition) is 3. The van der Waals surface area contributed by atoms with Crippen LogP contribution < -0.4 is 0 Å². The van der Waals surface area contributed by atoms with Crippen LogP contribution in [0, 0.1) is 5.92 Å². The molecule has 0 radical (unpaired) electrons. The Hall–Kier alpha value is -1.74. The first kappa shape index (κ1) is 12.7. The van der Waals surface area contributed by atoms with Gasteiger partial charge in [0.25, 0.3) is 0 Å². The van der Waals surface area contributed by atoms with Gasteiger partial charge in [0, 0.05) is 5.41 Å². The van der Waals surface area contributed by atoms with E-state index in [0.717, 1.165) is 5.56 Å². The third-order valence-electron chi connectivity index (χ3n) is 3.75. The Morgan fingerprint density at radius 1 is 1.22 bits per heavy atom. The van der Waals surface area contributed by atoms with Crippen molar-refractivity contribution in [1.82, 2.24) is 0 Å². The summed E-state index contributed by atoms with van der Waals surface area (Å²) in [6.07, 6.45) is 6.06. The van der Waals surface area contributed by atoms with Crippen LogP contribution in [-0.4, -0.2) is 21.9 Å². The Kier molecular flexibility index (Phi) is 3.43. The number of aromatic hydroxyl groups is 1. The van der Waals surface area contributed by atoms with Crippen LogP contribution in [-0.2, 0) is 5.41 Å². The van der Waals surface area contributed by atoms with E-state index in [1.165, 1.54) is 0 Å². The molecule has 0 amide bonds. The first-order chi connectivity index (χ1) is 8.56. The Bertz CT molecular complexity index is 473. The summed E-state index contributed by atoms with van der Waals surface area (Å²) in [6.45, 7) is 2.01. The van der Waals surface area contributed by atoms with E-state index >= 15 is 0 Å². The highest BCUT2D eigenvalue weighted by molar-refractivity contribution is 5.34. The van der Waals surface area contributed by atoms with Gasteiger partial charge in [-0.05, 0) is 42.2 Å². The van der Waals surface area contributed by atoms with Crippen molar-refractivity contribution in [2.45, 2.75) is 18.8 Å². The molecule has 96 valence electrons. The van der Waals surface area contributed by atoms with E-state index in [1.54, 1.807) is 24.3 Å². The quantitative estimate of drug-likeness (QED) is 0.768. The largest absolute Gasteiger partial charge is 0.508 e. The maximum Gasteiger partial charge on any atom is 0.115 e. The summed E-state index contributed by atoms with van der Waals surface area (Å²) in [5.41, 5.74) is 0.564. The summed E-state index contributed by atoms with van der Waals surface area (Å²) in [5.74, 6) is 0.621. The predicted molar refractivity (Wildman–Crippen MR) is 70.5 cm³/mol. The van der Waals surface area contributed by atoms with Crippen LogP contribution in [0.15, 0.2) is 48.3 Å². The van der Waals surface area contributed by atoms with E-state index in [-0.39, 0.29) is 24.0 Å². The molecule has 1 aliphatic rings. The highest BCUT2D eigenvalue weighted by Crippen LogP contribution is 2.37. The third-order valence-corrected chi connectivity index (χ3v) is 3.75. The lowest BCUT2D eigenvalue weighted by atomic mass is 9.70. The average Bonchev–Trinajstić information content (AvgIpc) is 2.39. The molecular weight excluding hydrogens is 228 g/mol. The molecule has 1 aromatic carbocycles. The second-order valence-corrected chi connectivity index (χ2v) is 4.95. The monoisotopic (exact) mass is 246 g/mol. The summed E-state index contributed by atoms with van der Waals surface area (Å²) < 4.78 is 0. The average molecular weight is 246 g/mol. The number of rotatable bonds is 3. The molecule has 1 aromatic rings. The van der Waals surface area contributed by atoms with Crippen LogP contribution >= 0.6 is 0 Å². The summed E-state index contributed by atoms with van der Waals surface area (Å²) >= 11 is 0. The highest BCUT2D eigenvalue weighted by Gasteiger charge is 2.34. The molecule has 3 heteroatoms. The SMILES string of the molecule is CC(CO)(c1ccc(O)cc1)C1C=CC(O)=CC1. The van der Waals surface area contributed by atoms with E-state index < -0.39 is 5.41 Å². The van der Waals surface area contributed by atoms with E-state index in [4.69, 9.17) is 0 Å². The molecule has 0 spiro atoms. The summed E-state index contributed by atoms with van der Waals surface area (Å²) in [4.78, 5) is 0. The lowest BCUT2D eigenvalue weighted by molar-refractivity contribution is 0.168. The van der Waals surface area contributed by atoms with E-state index in [0.29, 0.717) is 6.42 Å². The molecule has 2 atom stereocenters. The number of hydrogen-bond acceptors (Lipinski definition) is 3. The zero-order valence-corrected chi connectivity index (χ0v) is 10.4. The highest BCUT2D eigenvalue weighted by atomic mass is 16.3. The zero-order valence-electron chi connectivity index (χ0n) is 10.4. The van der Waals surface area contributed by atoms with Crippen LogP contribution in [0.25, 0.3) is 0 Å². The first-order valence-electron chi connectivity index (χ1n) is 6.04. The zero-order chi connectivity index (χ0) is 13.2. The van der Waals surface area contributed by atoms with Crippen molar-refractivity contribution < 1.29 is 15.3 Å². The molecule has 2 rings (SSSR count). The Morgan fingerprint density at radius 3 is 2.39 bits per heavy atom. The van der Waals surface area contributed by atoms with Gasteiger partial charge in [-0.15, -0.1) is 0 Å². The van der Waals surface area contributed by atoms with Gasteiger partial charge in [-0.3, -0.25) is 0 Å². The second-order valence-electron chi connectivity index (χ2n) is 4.95. The van der Waals surface area contributed by atoms with Crippen molar-refractivity contribution in [3.63, 3.8) is 0 Å². The summed E-state index contributed by atoms with van der Waals surface area (Å²) in [7, 11) is 0. The number of aliphatic hydroxyl groups excluding tert-OH is 2. The molecule has 1 aliphatic carbocycles. The molecule has 0 aromatic heterocycles. The normalized spacial score (nSPS) is 22.3. The van der Waals surface area contributed by atoms with Crippen molar-refractivity contribution >= 4 is 0 Å². The first-order valence-corrected chi connectivity index (χ1v) is 6.04. The lowest BCUT2D eigenvalue weighted by Crippen LogP contribution is -2.35. The molecule has 3 N–H and O–H groups in total. The minimum absolute atomic E-state index is 0.0153. The van der Waals surface area contributed by atoms with Crippen molar-refractivity contribution in [3.05, 3.63) is 53.8 Å². The van der Waals surface area contributed by atoms with Gasteiger partial charge in [0.15, 0.2) is 0 Å². The van der Waals surface area contributed by atoms with Crippen LogP contribution in [0.3, 0.4) is 0 Å². The van der Waals surface area contributed by atoms with Gasteiger partial charge in [0.2, 0.25) is 0 Å². The molecular formula is C15H18O3. The molecule has 18 heavy (non-hydrogen) atoms. The van der Waals surface area contributed by atoms with Gasteiger partial charge >= 0.3 is 0 Å². The van der Waals surface area contributed by atoms with Gasteiger partial charge in [-0.25, -0.2) is 0 Å². The third kappa shape index (κ3) is 2.27. The number of benzene rings is 1. The molecule has 0 fully saturated rings. The minimum Gasteiger partial charge on any atom is -0.508 e. The molecule has 0 saturated heterocycles. The van der Waals surface area contributed by atoms with Crippen molar-refractivity contribution in [1.29, 1.82) is 0 Å². The molecule has 0 saturated carbocycles. The van der Waals surface area contributed by atoms with Crippen LogP contribution in [0.1, 0.15) is 18.9 Å². The van der Waals surface area contributed by atoms with Crippen LogP contribution in [0.2, 0.25) is 0 Å². The van der Waals surface area contributed by atoms with E-state index in [9.17, 15) is 15.3 Å². The smallest absolute Gasteiger partial charge is 0.115 e. The Balaban J connectivity index is 2.31. The standard InChI is InChI=1S/C15H18O3/c1-15(10-16,11-2-6-13(17)7-3-11)12-4-8-14(18)9-5-12/h2-4,6-9,12,16-18H,5,10H2,1H3. The number of phenols is 1. The fraction of sp³-hybridized carbons (Fsp3) is 0.333. The van der Waals surface area contributed by atoms with Crippen molar-refractivity contribution in [2.75, 3.05) is 6.61 Å². The Morgan fingerprint density at radius 2 is 1.89 bits per heavy atom. The minimum atomic E-state index is -0.415. The van der Waals surface area contributed by atoms with Gasteiger partial charge in [0.05, 0.1) is 6.61 Å². The number of aliphatic hydroxyl groups is 2. The summed E-state index contributed by atoms with van der Waals surface area (Å²) in [5, 5.41) is 28.4. The fourth-order valence-electron chi connectivity index (χ4n) is 2.35. The molecule has 3 nitrogen and oxygen atoms in total. The molecule has 0 bridgehead atoms. The van der Waals surface area contributed by atoms with Crippen LogP contribution in [0.4, 0.5) is 0 Å². The van der Waals surface area contributed by atoms with Gasteiger partial charge < -0.3 is 15.3 Å². The van der Waals surface area contributed by atoms with E-state index in [1.807, 2.05) is 25.1 Å². The Labute approximate surface area is 107 Å². The van der Waals surface area contributed by atoms with Crippen molar-refractivity contribution in [3.8, 4) is 5.75 Å².